The van der Waals surface area contributed by atoms with E-state index in [4.69, 9.17) is 21.1 Å². The summed E-state index contributed by atoms with van der Waals surface area (Å²) in [5.41, 5.74) is 0.859. The molecule has 0 spiro atoms. The predicted octanol–water partition coefficient (Wildman–Crippen LogP) is 3.89. The lowest BCUT2D eigenvalue weighted by Gasteiger charge is -2.31. The number of methoxy groups -OCH3 is 1. The summed E-state index contributed by atoms with van der Waals surface area (Å²) in [6, 6.07) is 12.3. The van der Waals surface area contributed by atoms with Crippen LogP contribution in [-0.2, 0) is 10.0 Å². The molecule has 0 atom stereocenters. The van der Waals surface area contributed by atoms with Crippen LogP contribution < -0.4 is 9.47 Å². The van der Waals surface area contributed by atoms with Crippen LogP contribution in [0.15, 0.2) is 47.4 Å². The molecule has 3 rings (SSSR count). The minimum Gasteiger partial charge on any atom is -0.497 e. The minimum atomic E-state index is -3.53. The molecule has 1 aliphatic rings. The molecule has 1 heterocycles. The summed E-state index contributed by atoms with van der Waals surface area (Å²) in [5, 5.41) is 0.462. The van der Waals surface area contributed by atoms with Crippen molar-refractivity contribution in [2.45, 2.75) is 30.8 Å². The van der Waals surface area contributed by atoms with Crippen LogP contribution in [0, 0.1) is 6.92 Å². The number of sulfonamides is 1. The summed E-state index contributed by atoms with van der Waals surface area (Å²) in [6.07, 6.45) is 1.28. The van der Waals surface area contributed by atoms with Crippen molar-refractivity contribution in [1.29, 1.82) is 0 Å². The lowest BCUT2D eigenvalue weighted by Crippen LogP contribution is -2.41. The van der Waals surface area contributed by atoms with E-state index in [0.717, 1.165) is 17.1 Å². The molecule has 0 bridgehead atoms. The van der Waals surface area contributed by atoms with Gasteiger partial charge in [-0.2, -0.15) is 4.31 Å². The molecular weight excluding hydrogens is 374 g/mol. The molecule has 0 aromatic heterocycles. The molecule has 1 aliphatic heterocycles. The Hall–Kier alpha value is -1.76. The van der Waals surface area contributed by atoms with E-state index in [2.05, 4.69) is 0 Å². The van der Waals surface area contributed by atoms with E-state index in [9.17, 15) is 8.42 Å². The average Bonchev–Trinajstić information content (AvgIpc) is 2.65. The Morgan fingerprint density at radius 1 is 1.04 bits per heavy atom. The van der Waals surface area contributed by atoms with Gasteiger partial charge in [0.2, 0.25) is 10.0 Å². The highest BCUT2D eigenvalue weighted by atomic mass is 35.5. The van der Waals surface area contributed by atoms with E-state index in [1.165, 1.54) is 10.4 Å². The SMILES string of the molecule is COc1ccc(OC2CCN(S(=O)(=O)c3ccc(C)c(Cl)c3)CC2)cc1. The highest BCUT2D eigenvalue weighted by Crippen LogP contribution is 2.27. The van der Waals surface area contributed by atoms with E-state index < -0.39 is 10.0 Å². The maximum Gasteiger partial charge on any atom is 0.243 e. The fourth-order valence-electron chi connectivity index (χ4n) is 2.92. The monoisotopic (exact) mass is 395 g/mol. The smallest absolute Gasteiger partial charge is 0.243 e. The molecule has 7 heteroatoms. The zero-order chi connectivity index (χ0) is 18.7. The maximum absolute atomic E-state index is 12.8. The van der Waals surface area contributed by atoms with E-state index in [-0.39, 0.29) is 11.0 Å². The second kappa shape index (κ2) is 7.86. The third-order valence-corrected chi connectivity index (χ3v) is 6.85. The molecule has 5 nitrogen and oxygen atoms in total. The van der Waals surface area contributed by atoms with Gasteiger partial charge in [0, 0.05) is 18.1 Å². The zero-order valence-corrected chi connectivity index (χ0v) is 16.4. The Kier molecular flexibility index (Phi) is 5.75. The fourth-order valence-corrected chi connectivity index (χ4v) is 4.66. The molecule has 0 radical (unpaired) electrons. The van der Waals surface area contributed by atoms with Crippen molar-refractivity contribution in [2.24, 2.45) is 0 Å². The molecule has 26 heavy (non-hydrogen) atoms. The van der Waals surface area contributed by atoms with Crippen LogP contribution >= 0.6 is 11.6 Å². The van der Waals surface area contributed by atoms with Crippen LogP contribution in [0.1, 0.15) is 18.4 Å². The summed E-state index contributed by atoms with van der Waals surface area (Å²) >= 11 is 6.08. The van der Waals surface area contributed by atoms with Crippen molar-refractivity contribution in [2.75, 3.05) is 20.2 Å². The number of piperidine rings is 1. The normalized spacial score (nSPS) is 16.4. The van der Waals surface area contributed by atoms with Gasteiger partial charge in [0.05, 0.1) is 12.0 Å². The van der Waals surface area contributed by atoms with E-state index >= 15 is 0 Å². The Morgan fingerprint density at radius 3 is 2.23 bits per heavy atom. The number of hydrogen-bond acceptors (Lipinski definition) is 4. The Balaban J connectivity index is 1.62. The van der Waals surface area contributed by atoms with Crippen molar-refractivity contribution in [1.82, 2.24) is 4.31 Å². The van der Waals surface area contributed by atoms with E-state index in [0.29, 0.717) is 31.0 Å². The topological polar surface area (TPSA) is 55.8 Å². The molecule has 1 fully saturated rings. The van der Waals surface area contributed by atoms with Gasteiger partial charge in [0.1, 0.15) is 17.6 Å². The first kappa shape index (κ1) is 19.0. The number of ether oxygens (including phenoxy) is 2. The van der Waals surface area contributed by atoms with E-state index in [1.807, 2.05) is 31.2 Å². The van der Waals surface area contributed by atoms with Gasteiger partial charge in [-0.25, -0.2) is 8.42 Å². The lowest BCUT2D eigenvalue weighted by atomic mass is 10.1. The fraction of sp³-hybridized carbons (Fsp3) is 0.368. The van der Waals surface area contributed by atoms with Crippen molar-refractivity contribution < 1.29 is 17.9 Å². The standard InChI is InChI=1S/C19H22ClNO4S/c1-14-3-8-18(13-19(14)20)26(22,23)21-11-9-17(10-12-21)25-16-6-4-15(24-2)5-7-16/h3-8,13,17H,9-12H2,1-2H3. The first-order valence-corrected chi connectivity index (χ1v) is 10.3. The van der Waals surface area contributed by atoms with Gasteiger partial charge in [-0.05, 0) is 61.7 Å². The third kappa shape index (κ3) is 4.14. The quantitative estimate of drug-likeness (QED) is 0.770. The van der Waals surface area contributed by atoms with Gasteiger partial charge in [-0.3, -0.25) is 0 Å². The third-order valence-electron chi connectivity index (χ3n) is 4.54. The number of aryl methyl sites for hydroxylation is 1. The second-order valence-electron chi connectivity index (χ2n) is 6.31. The number of benzene rings is 2. The van der Waals surface area contributed by atoms with Crippen LogP contribution in [-0.4, -0.2) is 39.0 Å². The molecule has 0 N–H and O–H groups in total. The highest BCUT2D eigenvalue weighted by molar-refractivity contribution is 7.89. The van der Waals surface area contributed by atoms with Gasteiger partial charge < -0.3 is 9.47 Å². The van der Waals surface area contributed by atoms with Crippen LogP contribution in [0.25, 0.3) is 0 Å². The summed E-state index contributed by atoms with van der Waals surface area (Å²) in [4.78, 5) is 0.239. The van der Waals surface area contributed by atoms with Crippen LogP contribution in [0.2, 0.25) is 5.02 Å². The molecule has 2 aromatic carbocycles. The van der Waals surface area contributed by atoms with E-state index in [1.54, 1.807) is 19.2 Å². The average molecular weight is 396 g/mol. The van der Waals surface area contributed by atoms with Crippen molar-refractivity contribution in [3.8, 4) is 11.5 Å². The van der Waals surface area contributed by atoms with Crippen LogP contribution in [0.3, 0.4) is 0 Å². The molecule has 0 amide bonds. The number of nitrogens with zero attached hydrogens (tertiary/aromatic N) is 1. The highest BCUT2D eigenvalue weighted by Gasteiger charge is 2.30. The maximum atomic E-state index is 12.8. The van der Waals surface area contributed by atoms with Gasteiger partial charge in [0.15, 0.2) is 0 Å². The number of halogens is 1. The molecule has 1 saturated heterocycles. The summed E-state index contributed by atoms with van der Waals surface area (Å²) < 4.78 is 38.2. The molecule has 0 unspecified atom stereocenters. The van der Waals surface area contributed by atoms with Crippen molar-refractivity contribution in [3.63, 3.8) is 0 Å². The second-order valence-corrected chi connectivity index (χ2v) is 8.65. The Bertz CT molecular complexity index is 860. The number of rotatable bonds is 5. The van der Waals surface area contributed by atoms with Crippen molar-refractivity contribution in [3.05, 3.63) is 53.1 Å². The molecular formula is C19H22ClNO4S. The Morgan fingerprint density at radius 2 is 1.65 bits per heavy atom. The van der Waals surface area contributed by atoms with Gasteiger partial charge in [0.25, 0.3) is 0 Å². The summed E-state index contributed by atoms with van der Waals surface area (Å²) in [6.45, 7) is 2.70. The van der Waals surface area contributed by atoms with Crippen LogP contribution in [0.5, 0.6) is 11.5 Å². The molecule has 2 aromatic rings. The van der Waals surface area contributed by atoms with Gasteiger partial charge in [-0.15, -0.1) is 0 Å². The first-order chi connectivity index (χ1) is 12.4. The lowest BCUT2D eigenvalue weighted by molar-refractivity contribution is 0.135. The minimum absolute atomic E-state index is 0.00329. The zero-order valence-electron chi connectivity index (χ0n) is 14.8. The van der Waals surface area contributed by atoms with Gasteiger partial charge >= 0.3 is 0 Å². The molecule has 0 aliphatic carbocycles. The Labute approximate surface area is 159 Å². The molecule has 0 saturated carbocycles. The largest absolute Gasteiger partial charge is 0.497 e. The first-order valence-electron chi connectivity index (χ1n) is 8.47. The summed E-state index contributed by atoms with van der Waals surface area (Å²) in [7, 11) is -1.91. The summed E-state index contributed by atoms with van der Waals surface area (Å²) in [5.74, 6) is 1.53. The number of hydrogen-bond donors (Lipinski definition) is 0. The van der Waals surface area contributed by atoms with Gasteiger partial charge in [-0.1, -0.05) is 17.7 Å². The predicted molar refractivity (Wildman–Crippen MR) is 102 cm³/mol. The van der Waals surface area contributed by atoms with Crippen molar-refractivity contribution >= 4 is 21.6 Å². The molecule has 140 valence electrons. The van der Waals surface area contributed by atoms with Crippen LogP contribution in [0.4, 0.5) is 0 Å².